The highest BCUT2D eigenvalue weighted by molar-refractivity contribution is 5.79. The van der Waals surface area contributed by atoms with Gasteiger partial charge in [-0.1, -0.05) is 29.8 Å². The SMILES string of the molecule is COC(=O)CCN(C)C(=O)Cc1ccc(C)cc1. The van der Waals surface area contributed by atoms with E-state index in [9.17, 15) is 9.59 Å². The van der Waals surface area contributed by atoms with Crippen LogP contribution in [0.3, 0.4) is 0 Å². The number of ether oxygens (including phenoxy) is 1. The molecule has 0 aliphatic heterocycles. The number of nitrogens with zero attached hydrogens (tertiary/aromatic N) is 1. The van der Waals surface area contributed by atoms with Gasteiger partial charge in [-0.05, 0) is 12.5 Å². The molecule has 0 unspecified atom stereocenters. The predicted molar refractivity (Wildman–Crippen MR) is 69.2 cm³/mol. The molecule has 0 radical (unpaired) electrons. The zero-order valence-corrected chi connectivity index (χ0v) is 11.1. The Labute approximate surface area is 108 Å². The molecule has 1 amide bonds. The summed E-state index contributed by atoms with van der Waals surface area (Å²) in [5, 5.41) is 0. The Morgan fingerprint density at radius 2 is 1.83 bits per heavy atom. The van der Waals surface area contributed by atoms with Crippen LogP contribution in [0.4, 0.5) is 0 Å². The summed E-state index contributed by atoms with van der Waals surface area (Å²) >= 11 is 0. The first-order chi connectivity index (χ1) is 8.52. The van der Waals surface area contributed by atoms with Crippen molar-refractivity contribution in [3.05, 3.63) is 35.4 Å². The van der Waals surface area contributed by atoms with E-state index >= 15 is 0 Å². The van der Waals surface area contributed by atoms with E-state index in [-0.39, 0.29) is 18.3 Å². The van der Waals surface area contributed by atoms with Gasteiger partial charge in [0.25, 0.3) is 0 Å². The van der Waals surface area contributed by atoms with E-state index in [1.807, 2.05) is 31.2 Å². The van der Waals surface area contributed by atoms with Crippen LogP contribution in [0, 0.1) is 6.92 Å². The van der Waals surface area contributed by atoms with E-state index in [0.29, 0.717) is 13.0 Å². The highest BCUT2D eigenvalue weighted by Crippen LogP contribution is 2.05. The average Bonchev–Trinajstić information content (AvgIpc) is 2.38. The molecule has 1 aromatic rings. The summed E-state index contributed by atoms with van der Waals surface area (Å²) in [4.78, 5) is 24.4. The molecule has 0 aromatic heterocycles. The third-order valence-electron chi connectivity index (χ3n) is 2.78. The van der Waals surface area contributed by atoms with Crippen LogP contribution in [-0.2, 0) is 20.7 Å². The van der Waals surface area contributed by atoms with Crippen molar-refractivity contribution in [2.75, 3.05) is 20.7 Å². The fourth-order valence-corrected chi connectivity index (χ4v) is 1.50. The first-order valence-electron chi connectivity index (χ1n) is 5.89. The topological polar surface area (TPSA) is 46.6 Å². The van der Waals surface area contributed by atoms with Gasteiger partial charge in [0, 0.05) is 13.6 Å². The Balaban J connectivity index is 2.44. The fraction of sp³-hybridized carbons (Fsp3) is 0.429. The maximum atomic E-state index is 11.9. The number of rotatable bonds is 5. The number of amides is 1. The number of methoxy groups -OCH3 is 1. The summed E-state index contributed by atoms with van der Waals surface area (Å²) in [6, 6.07) is 7.86. The first kappa shape index (κ1) is 14.2. The summed E-state index contributed by atoms with van der Waals surface area (Å²) in [5.41, 5.74) is 2.15. The van der Waals surface area contributed by atoms with Crippen molar-refractivity contribution < 1.29 is 14.3 Å². The maximum absolute atomic E-state index is 11.9. The number of esters is 1. The number of hydrogen-bond donors (Lipinski definition) is 0. The maximum Gasteiger partial charge on any atom is 0.307 e. The summed E-state index contributed by atoms with van der Waals surface area (Å²) in [6.07, 6.45) is 0.588. The van der Waals surface area contributed by atoms with Gasteiger partial charge in [0.05, 0.1) is 20.0 Å². The third kappa shape index (κ3) is 4.57. The second-order valence-corrected chi connectivity index (χ2v) is 4.30. The van der Waals surface area contributed by atoms with Crippen LogP contribution in [0.1, 0.15) is 17.5 Å². The lowest BCUT2D eigenvalue weighted by molar-refractivity contribution is -0.141. The van der Waals surface area contributed by atoms with Crippen LogP contribution in [0.25, 0.3) is 0 Å². The Bertz CT molecular complexity index is 412. The van der Waals surface area contributed by atoms with E-state index in [2.05, 4.69) is 4.74 Å². The van der Waals surface area contributed by atoms with Gasteiger partial charge in [-0.25, -0.2) is 0 Å². The number of hydrogen-bond acceptors (Lipinski definition) is 3. The van der Waals surface area contributed by atoms with E-state index in [1.54, 1.807) is 11.9 Å². The lowest BCUT2D eigenvalue weighted by Crippen LogP contribution is -2.30. The third-order valence-corrected chi connectivity index (χ3v) is 2.78. The van der Waals surface area contributed by atoms with Crippen LogP contribution in [-0.4, -0.2) is 37.5 Å². The Hall–Kier alpha value is -1.84. The van der Waals surface area contributed by atoms with Crippen LogP contribution in [0.15, 0.2) is 24.3 Å². The molecule has 18 heavy (non-hydrogen) atoms. The smallest absolute Gasteiger partial charge is 0.307 e. The molecule has 98 valence electrons. The largest absolute Gasteiger partial charge is 0.469 e. The first-order valence-corrected chi connectivity index (χ1v) is 5.89. The fourth-order valence-electron chi connectivity index (χ4n) is 1.50. The Kier molecular flexibility index (Phi) is 5.36. The minimum absolute atomic E-state index is 0.00255. The van der Waals surface area contributed by atoms with Gasteiger partial charge in [0.1, 0.15) is 0 Å². The summed E-state index contributed by atoms with van der Waals surface area (Å²) in [7, 11) is 3.04. The summed E-state index contributed by atoms with van der Waals surface area (Å²) in [6.45, 7) is 2.39. The normalized spacial score (nSPS) is 9.94. The van der Waals surface area contributed by atoms with E-state index in [1.165, 1.54) is 12.7 Å². The molecule has 1 rings (SSSR count). The lowest BCUT2D eigenvalue weighted by Gasteiger charge is -2.16. The Morgan fingerprint density at radius 1 is 1.22 bits per heavy atom. The van der Waals surface area contributed by atoms with Crippen LogP contribution >= 0.6 is 0 Å². The second kappa shape index (κ2) is 6.79. The summed E-state index contributed by atoms with van der Waals surface area (Å²) in [5.74, 6) is -0.298. The van der Waals surface area contributed by atoms with Crippen LogP contribution < -0.4 is 0 Å². The summed E-state index contributed by atoms with van der Waals surface area (Å²) < 4.78 is 4.53. The van der Waals surface area contributed by atoms with Crippen molar-refractivity contribution in [3.8, 4) is 0 Å². The molecule has 0 aliphatic rings. The van der Waals surface area contributed by atoms with Crippen LogP contribution in [0.2, 0.25) is 0 Å². The van der Waals surface area contributed by atoms with Crippen molar-refractivity contribution in [1.82, 2.24) is 4.90 Å². The highest BCUT2D eigenvalue weighted by atomic mass is 16.5. The molecule has 0 atom stereocenters. The molecule has 0 spiro atoms. The lowest BCUT2D eigenvalue weighted by atomic mass is 10.1. The zero-order chi connectivity index (χ0) is 13.5. The van der Waals surface area contributed by atoms with Crippen molar-refractivity contribution in [2.45, 2.75) is 19.8 Å². The number of carbonyl (C=O) groups excluding carboxylic acids is 2. The molecule has 0 saturated carbocycles. The number of carbonyl (C=O) groups is 2. The number of aryl methyl sites for hydroxylation is 1. The molecular weight excluding hydrogens is 230 g/mol. The zero-order valence-electron chi connectivity index (χ0n) is 11.1. The standard InChI is InChI=1S/C14H19NO3/c1-11-4-6-12(7-5-11)10-13(16)15(2)9-8-14(17)18-3/h4-7H,8-10H2,1-3H3. The quantitative estimate of drug-likeness (QED) is 0.744. The van der Waals surface area contributed by atoms with Crippen LogP contribution in [0.5, 0.6) is 0 Å². The minimum Gasteiger partial charge on any atom is -0.469 e. The monoisotopic (exact) mass is 249 g/mol. The molecule has 0 heterocycles. The molecule has 0 fully saturated rings. The van der Waals surface area contributed by atoms with Gasteiger partial charge in [-0.2, -0.15) is 0 Å². The minimum atomic E-state index is -0.301. The van der Waals surface area contributed by atoms with E-state index < -0.39 is 0 Å². The van der Waals surface area contributed by atoms with Gasteiger partial charge in [0.2, 0.25) is 5.91 Å². The van der Waals surface area contributed by atoms with Gasteiger partial charge in [-0.15, -0.1) is 0 Å². The Morgan fingerprint density at radius 3 is 2.39 bits per heavy atom. The molecule has 0 aliphatic carbocycles. The van der Waals surface area contributed by atoms with Crippen molar-refractivity contribution in [1.29, 1.82) is 0 Å². The number of likely N-dealkylation sites (N-methyl/N-ethyl adjacent to an activating group) is 1. The molecule has 1 aromatic carbocycles. The molecule has 0 saturated heterocycles. The van der Waals surface area contributed by atoms with Gasteiger partial charge < -0.3 is 9.64 Å². The second-order valence-electron chi connectivity index (χ2n) is 4.30. The van der Waals surface area contributed by atoms with Gasteiger partial charge in [0.15, 0.2) is 0 Å². The van der Waals surface area contributed by atoms with Crippen molar-refractivity contribution in [3.63, 3.8) is 0 Å². The predicted octanol–water partition coefficient (Wildman–Crippen LogP) is 1.56. The molecule has 0 N–H and O–H groups in total. The van der Waals surface area contributed by atoms with E-state index in [0.717, 1.165) is 5.56 Å². The van der Waals surface area contributed by atoms with Crippen molar-refractivity contribution in [2.24, 2.45) is 0 Å². The van der Waals surface area contributed by atoms with E-state index in [4.69, 9.17) is 0 Å². The van der Waals surface area contributed by atoms with Crippen molar-refractivity contribution >= 4 is 11.9 Å². The molecule has 4 heteroatoms. The average molecular weight is 249 g/mol. The van der Waals surface area contributed by atoms with Gasteiger partial charge in [-0.3, -0.25) is 9.59 Å². The molecule has 0 bridgehead atoms. The van der Waals surface area contributed by atoms with Gasteiger partial charge >= 0.3 is 5.97 Å². The highest BCUT2D eigenvalue weighted by Gasteiger charge is 2.11. The molecular formula is C14H19NO3. The molecule has 4 nitrogen and oxygen atoms in total. The number of benzene rings is 1.